The van der Waals surface area contributed by atoms with Crippen LogP contribution >= 0.6 is 0 Å². The maximum atomic E-state index is 12.4. The number of rotatable bonds is 3. The van der Waals surface area contributed by atoms with Crippen LogP contribution in [0.25, 0.3) is 0 Å². The molecule has 0 atom stereocenters. The fourth-order valence-corrected chi connectivity index (χ4v) is 2.03. The maximum Gasteiger partial charge on any atom is 0.254 e. The van der Waals surface area contributed by atoms with Crippen LogP contribution in [0.15, 0.2) is 35.1 Å². The maximum absolute atomic E-state index is 12.4. The van der Waals surface area contributed by atoms with E-state index < -0.39 is 0 Å². The first kappa shape index (κ1) is 13.2. The third-order valence-electron chi connectivity index (χ3n) is 3.19. The smallest absolute Gasteiger partial charge is 0.254 e. The molecule has 1 aromatic heterocycles. The molecule has 0 aliphatic heterocycles. The lowest BCUT2D eigenvalue weighted by Gasteiger charge is -2.18. The Labute approximate surface area is 112 Å². The Morgan fingerprint density at radius 3 is 2.68 bits per heavy atom. The van der Waals surface area contributed by atoms with E-state index in [9.17, 15) is 4.79 Å². The number of furan rings is 1. The minimum atomic E-state index is -0.0367. The number of hydrogen-bond donors (Lipinski definition) is 1. The Morgan fingerprint density at radius 2 is 2.05 bits per heavy atom. The summed E-state index contributed by atoms with van der Waals surface area (Å²) in [4.78, 5) is 14.0. The van der Waals surface area contributed by atoms with E-state index in [1.165, 1.54) is 0 Å². The van der Waals surface area contributed by atoms with Crippen LogP contribution < -0.4 is 5.73 Å². The van der Waals surface area contributed by atoms with Crippen molar-refractivity contribution in [3.05, 3.63) is 53.0 Å². The van der Waals surface area contributed by atoms with Gasteiger partial charge in [-0.3, -0.25) is 4.79 Å². The monoisotopic (exact) mass is 258 g/mol. The van der Waals surface area contributed by atoms with Crippen molar-refractivity contribution in [3.8, 4) is 0 Å². The van der Waals surface area contributed by atoms with Crippen LogP contribution in [0.4, 0.5) is 5.69 Å². The van der Waals surface area contributed by atoms with Crippen LogP contribution in [-0.2, 0) is 6.54 Å². The quantitative estimate of drug-likeness (QED) is 0.861. The molecule has 0 aliphatic carbocycles. The third-order valence-corrected chi connectivity index (χ3v) is 3.19. The van der Waals surface area contributed by atoms with Crippen molar-refractivity contribution >= 4 is 11.6 Å². The number of anilines is 1. The highest BCUT2D eigenvalue weighted by atomic mass is 16.3. The first-order valence-electron chi connectivity index (χ1n) is 6.12. The largest absolute Gasteiger partial charge is 0.472 e. The lowest BCUT2D eigenvalue weighted by Crippen LogP contribution is -2.26. The van der Waals surface area contributed by atoms with E-state index in [0.717, 1.165) is 16.7 Å². The molecule has 2 rings (SSSR count). The van der Waals surface area contributed by atoms with Gasteiger partial charge < -0.3 is 15.1 Å². The van der Waals surface area contributed by atoms with E-state index in [0.29, 0.717) is 17.8 Å². The van der Waals surface area contributed by atoms with Crippen molar-refractivity contribution in [2.24, 2.45) is 0 Å². The Hall–Kier alpha value is -2.23. The molecule has 1 aromatic carbocycles. The van der Waals surface area contributed by atoms with Crippen LogP contribution in [0.3, 0.4) is 0 Å². The Morgan fingerprint density at radius 1 is 1.32 bits per heavy atom. The molecule has 0 aliphatic rings. The lowest BCUT2D eigenvalue weighted by molar-refractivity contribution is 0.0784. The molecule has 100 valence electrons. The summed E-state index contributed by atoms with van der Waals surface area (Å²) in [6.07, 6.45) is 3.24. The van der Waals surface area contributed by atoms with Gasteiger partial charge in [0.25, 0.3) is 5.91 Å². The van der Waals surface area contributed by atoms with Gasteiger partial charge in [0, 0.05) is 30.4 Å². The lowest BCUT2D eigenvalue weighted by atomic mass is 10.0. The van der Waals surface area contributed by atoms with Crippen molar-refractivity contribution < 1.29 is 9.21 Å². The predicted molar refractivity (Wildman–Crippen MR) is 74.8 cm³/mol. The van der Waals surface area contributed by atoms with Crippen LogP contribution in [0.5, 0.6) is 0 Å². The van der Waals surface area contributed by atoms with Crippen LogP contribution in [-0.4, -0.2) is 17.9 Å². The van der Waals surface area contributed by atoms with Crippen LogP contribution in [0, 0.1) is 13.8 Å². The van der Waals surface area contributed by atoms with Gasteiger partial charge in [-0.1, -0.05) is 6.07 Å². The summed E-state index contributed by atoms with van der Waals surface area (Å²) in [5, 5.41) is 0. The van der Waals surface area contributed by atoms with Crippen molar-refractivity contribution in [3.63, 3.8) is 0 Å². The van der Waals surface area contributed by atoms with Gasteiger partial charge in [0.05, 0.1) is 12.5 Å². The van der Waals surface area contributed by atoms with Gasteiger partial charge in [-0.15, -0.1) is 0 Å². The van der Waals surface area contributed by atoms with Crippen molar-refractivity contribution in [1.82, 2.24) is 4.90 Å². The minimum Gasteiger partial charge on any atom is -0.472 e. The Kier molecular flexibility index (Phi) is 3.60. The molecule has 2 aromatic rings. The highest BCUT2D eigenvalue weighted by Gasteiger charge is 2.16. The molecule has 0 unspecified atom stereocenters. The molecule has 0 fully saturated rings. The number of amides is 1. The van der Waals surface area contributed by atoms with Gasteiger partial charge in [0.15, 0.2) is 0 Å². The second kappa shape index (κ2) is 5.18. The third kappa shape index (κ3) is 2.78. The zero-order chi connectivity index (χ0) is 14.0. The second-order valence-corrected chi connectivity index (χ2v) is 4.82. The number of aryl methyl sites for hydroxylation is 2. The number of carbonyl (C=O) groups excluding carboxylic acids is 1. The van der Waals surface area contributed by atoms with Gasteiger partial charge in [-0.2, -0.15) is 0 Å². The zero-order valence-electron chi connectivity index (χ0n) is 11.4. The summed E-state index contributed by atoms with van der Waals surface area (Å²) in [5.74, 6) is -0.0367. The minimum absolute atomic E-state index is 0.0367. The first-order valence-corrected chi connectivity index (χ1v) is 6.12. The van der Waals surface area contributed by atoms with Gasteiger partial charge in [-0.05, 0) is 37.1 Å². The molecule has 0 saturated carbocycles. The molecule has 0 bridgehead atoms. The SMILES string of the molecule is Cc1cc(C)c(C(=O)N(C)Cc2ccoc2)cc1N. The van der Waals surface area contributed by atoms with Crippen molar-refractivity contribution in [2.75, 3.05) is 12.8 Å². The highest BCUT2D eigenvalue weighted by molar-refractivity contribution is 5.96. The molecular weight excluding hydrogens is 240 g/mol. The number of nitrogens with zero attached hydrogens (tertiary/aromatic N) is 1. The second-order valence-electron chi connectivity index (χ2n) is 4.82. The van der Waals surface area contributed by atoms with Crippen molar-refractivity contribution in [1.29, 1.82) is 0 Å². The van der Waals surface area contributed by atoms with Gasteiger partial charge in [-0.25, -0.2) is 0 Å². The predicted octanol–water partition coefficient (Wildman–Crippen LogP) is 2.75. The number of nitrogens with two attached hydrogens (primary N) is 1. The molecule has 0 spiro atoms. The molecule has 2 N–H and O–H groups in total. The van der Waals surface area contributed by atoms with E-state index in [2.05, 4.69) is 0 Å². The van der Waals surface area contributed by atoms with Gasteiger partial charge in [0.1, 0.15) is 0 Å². The molecule has 0 radical (unpaired) electrons. The number of carbonyl (C=O) groups is 1. The summed E-state index contributed by atoms with van der Waals surface area (Å²) in [6.45, 7) is 4.37. The summed E-state index contributed by atoms with van der Waals surface area (Å²) in [5.41, 5.74) is 10.1. The molecule has 1 heterocycles. The molecule has 19 heavy (non-hydrogen) atoms. The summed E-state index contributed by atoms with van der Waals surface area (Å²) in [6, 6.07) is 5.53. The Bertz CT molecular complexity index is 588. The molecular formula is C15H18N2O2. The summed E-state index contributed by atoms with van der Waals surface area (Å²) < 4.78 is 5.00. The van der Waals surface area contributed by atoms with Gasteiger partial charge >= 0.3 is 0 Å². The fraction of sp³-hybridized carbons (Fsp3) is 0.267. The summed E-state index contributed by atoms with van der Waals surface area (Å²) >= 11 is 0. The molecule has 4 heteroatoms. The summed E-state index contributed by atoms with van der Waals surface area (Å²) in [7, 11) is 1.77. The zero-order valence-corrected chi connectivity index (χ0v) is 11.4. The van der Waals surface area contributed by atoms with E-state index in [1.54, 1.807) is 30.5 Å². The normalized spacial score (nSPS) is 10.5. The highest BCUT2D eigenvalue weighted by Crippen LogP contribution is 2.19. The van der Waals surface area contributed by atoms with E-state index in [4.69, 9.17) is 10.2 Å². The van der Waals surface area contributed by atoms with Crippen LogP contribution in [0.2, 0.25) is 0 Å². The number of nitrogen functional groups attached to an aromatic ring is 1. The van der Waals surface area contributed by atoms with Crippen molar-refractivity contribution in [2.45, 2.75) is 20.4 Å². The average molecular weight is 258 g/mol. The Balaban J connectivity index is 2.21. The molecule has 0 saturated heterocycles. The van der Waals surface area contributed by atoms with E-state index in [-0.39, 0.29) is 5.91 Å². The van der Waals surface area contributed by atoms with E-state index >= 15 is 0 Å². The molecule has 4 nitrogen and oxygen atoms in total. The fourth-order valence-electron chi connectivity index (χ4n) is 2.03. The van der Waals surface area contributed by atoms with E-state index in [1.807, 2.05) is 26.0 Å². The number of benzene rings is 1. The number of hydrogen-bond acceptors (Lipinski definition) is 3. The first-order chi connectivity index (χ1) is 8.99. The molecule has 1 amide bonds. The average Bonchev–Trinajstić information content (AvgIpc) is 2.85. The standard InChI is InChI=1S/C15H18N2O2/c1-10-6-11(2)14(16)7-13(10)15(18)17(3)8-12-4-5-19-9-12/h4-7,9H,8,16H2,1-3H3. The topological polar surface area (TPSA) is 59.5 Å². The van der Waals surface area contributed by atoms with Crippen LogP contribution in [0.1, 0.15) is 27.0 Å². The van der Waals surface area contributed by atoms with Gasteiger partial charge in [0.2, 0.25) is 0 Å².